The zero-order chi connectivity index (χ0) is 14.4. The van der Waals surface area contributed by atoms with Crippen LogP contribution in [0.2, 0.25) is 0 Å². The Labute approximate surface area is 117 Å². The van der Waals surface area contributed by atoms with Gasteiger partial charge < -0.3 is 5.32 Å². The van der Waals surface area contributed by atoms with Crippen LogP contribution < -0.4 is 5.32 Å². The van der Waals surface area contributed by atoms with Crippen LogP contribution in [0, 0.1) is 17.6 Å². The first-order chi connectivity index (χ1) is 8.97. The van der Waals surface area contributed by atoms with Crippen molar-refractivity contribution in [3.63, 3.8) is 0 Å². The Bertz CT molecular complexity index is 415. The second kappa shape index (κ2) is 7.43. The molecule has 5 heteroatoms. The normalized spacial score (nSPS) is 12.5. The number of hydrogen-bond acceptors (Lipinski definition) is 1. The summed E-state index contributed by atoms with van der Waals surface area (Å²) in [5.41, 5.74) is -0.0362. The first-order valence-corrected chi connectivity index (χ1v) is 6.79. The van der Waals surface area contributed by atoms with Gasteiger partial charge in [0.25, 0.3) is 5.91 Å². The van der Waals surface area contributed by atoms with Crippen LogP contribution in [0.3, 0.4) is 0 Å². The maximum Gasteiger partial charge on any atom is 0.251 e. The molecule has 0 heterocycles. The molecule has 0 aliphatic rings. The van der Waals surface area contributed by atoms with E-state index in [2.05, 4.69) is 5.32 Å². The van der Waals surface area contributed by atoms with Crippen molar-refractivity contribution < 1.29 is 13.6 Å². The molecule has 1 aromatic rings. The van der Waals surface area contributed by atoms with Crippen molar-refractivity contribution >= 4 is 17.5 Å². The summed E-state index contributed by atoms with van der Waals surface area (Å²) in [5.74, 6) is -1.75. The minimum atomic E-state index is -0.771. The van der Waals surface area contributed by atoms with Crippen molar-refractivity contribution in [2.75, 3.05) is 6.54 Å². The predicted molar refractivity (Wildman–Crippen MR) is 72.4 cm³/mol. The predicted octanol–water partition coefficient (Wildman–Crippen LogP) is 3.74. The lowest BCUT2D eigenvalue weighted by Gasteiger charge is -2.19. The highest BCUT2D eigenvalue weighted by atomic mass is 35.5. The number of hydrogen-bond donors (Lipinski definition) is 1. The summed E-state index contributed by atoms with van der Waals surface area (Å²) in [5, 5.41) is 2.42. The average Bonchev–Trinajstić information content (AvgIpc) is 2.36. The number of nitrogens with one attached hydrogen (secondary N) is 1. The molecule has 2 nitrogen and oxygen atoms in total. The molecule has 0 saturated carbocycles. The average molecular weight is 290 g/mol. The van der Waals surface area contributed by atoms with Gasteiger partial charge in [-0.1, -0.05) is 26.7 Å². The third kappa shape index (κ3) is 4.78. The van der Waals surface area contributed by atoms with E-state index in [0.717, 1.165) is 31.0 Å². The van der Waals surface area contributed by atoms with E-state index in [1.54, 1.807) is 0 Å². The number of benzene rings is 1. The van der Waals surface area contributed by atoms with Gasteiger partial charge in [0.05, 0.1) is 5.38 Å². The molecule has 1 rings (SSSR count). The summed E-state index contributed by atoms with van der Waals surface area (Å²) in [6, 6.07) is 2.73. The van der Waals surface area contributed by atoms with E-state index in [0.29, 0.717) is 5.92 Å². The fourth-order valence-electron chi connectivity index (χ4n) is 1.94. The number of amides is 1. The highest BCUT2D eigenvalue weighted by Crippen LogP contribution is 2.18. The van der Waals surface area contributed by atoms with Crippen molar-refractivity contribution in [3.05, 3.63) is 35.4 Å². The van der Waals surface area contributed by atoms with Gasteiger partial charge >= 0.3 is 0 Å². The van der Waals surface area contributed by atoms with Gasteiger partial charge in [0.1, 0.15) is 11.6 Å². The molecular formula is C14H18ClF2NO. The Morgan fingerprint density at radius 1 is 1.21 bits per heavy atom. The van der Waals surface area contributed by atoms with Crippen LogP contribution in [0.5, 0.6) is 0 Å². The molecule has 0 aromatic heterocycles. The molecular weight excluding hydrogens is 272 g/mol. The van der Waals surface area contributed by atoms with E-state index < -0.39 is 17.5 Å². The fourth-order valence-corrected chi connectivity index (χ4v) is 2.38. The van der Waals surface area contributed by atoms with Gasteiger partial charge in [-0.3, -0.25) is 4.79 Å². The molecule has 0 aliphatic heterocycles. The fraction of sp³-hybridized carbons (Fsp3) is 0.500. The minimum Gasteiger partial charge on any atom is -0.351 e. The number of rotatable bonds is 6. The van der Waals surface area contributed by atoms with Crippen LogP contribution in [-0.2, 0) is 0 Å². The van der Waals surface area contributed by atoms with Crippen molar-refractivity contribution in [2.24, 2.45) is 5.92 Å². The SMILES string of the molecule is CCC(CC)C(Cl)CNC(=O)c1cc(F)cc(F)c1. The first kappa shape index (κ1) is 15.9. The van der Waals surface area contributed by atoms with Crippen LogP contribution in [-0.4, -0.2) is 17.8 Å². The van der Waals surface area contributed by atoms with Crippen molar-refractivity contribution in [1.82, 2.24) is 5.32 Å². The molecule has 1 atom stereocenters. The Morgan fingerprint density at radius 2 is 1.74 bits per heavy atom. The topological polar surface area (TPSA) is 29.1 Å². The molecule has 0 bridgehead atoms. The lowest BCUT2D eigenvalue weighted by molar-refractivity contribution is 0.0950. The molecule has 19 heavy (non-hydrogen) atoms. The maximum absolute atomic E-state index is 13.0. The molecule has 0 fully saturated rings. The van der Waals surface area contributed by atoms with Crippen molar-refractivity contribution in [3.8, 4) is 0 Å². The Kier molecular flexibility index (Phi) is 6.22. The number of halogens is 3. The van der Waals surface area contributed by atoms with Gasteiger partial charge in [-0.15, -0.1) is 11.6 Å². The smallest absolute Gasteiger partial charge is 0.251 e. The lowest BCUT2D eigenvalue weighted by Crippen LogP contribution is -2.33. The second-order valence-electron chi connectivity index (χ2n) is 4.46. The van der Waals surface area contributed by atoms with E-state index in [1.165, 1.54) is 0 Å². The van der Waals surface area contributed by atoms with Crippen LogP contribution >= 0.6 is 11.6 Å². The van der Waals surface area contributed by atoms with Crippen LogP contribution in [0.4, 0.5) is 8.78 Å². The van der Waals surface area contributed by atoms with Crippen LogP contribution in [0.1, 0.15) is 37.0 Å². The Morgan fingerprint density at radius 3 is 2.21 bits per heavy atom. The van der Waals surface area contributed by atoms with Gasteiger partial charge in [0.2, 0.25) is 0 Å². The highest BCUT2D eigenvalue weighted by Gasteiger charge is 2.17. The van der Waals surface area contributed by atoms with Gasteiger partial charge in [-0.05, 0) is 18.1 Å². The summed E-state index contributed by atoms with van der Waals surface area (Å²) in [7, 11) is 0. The van der Waals surface area contributed by atoms with Gasteiger partial charge in [-0.2, -0.15) is 0 Å². The number of alkyl halides is 1. The van der Waals surface area contributed by atoms with E-state index in [-0.39, 0.29) is 17.5 Å². The summed E-state index contributed by atoms with van der Waals surface area (Å²) in [4.78, 5) is 11.7. The van der Waals surface area contributed by atoms with E-state index in [9.17, 15) is 13.6 Å². The van der Waals surface area contributed by atoms with E-state index in [4.69, 9.17) is 11.6 Å². The van der Waals surface area contributed by atoms with Gasteiger partial charge in [0.15, 0.2) is 0 Å². The molecule has 1 unspecified atom stereocenters. The van der Waals surface area contributed by atoms with Gasteiger partial charge in [0, 0.05) is 18.2 Å². The quantitative estimate of drug-likeness (QED) is 0.794. The van der Waals surface area contributed by atoms with Crippen LogP contribution in [0.15, 0.2) is 18.2 Å². The molecule has 0 saturated heterocycles. The Balaban J connectivity index is 2.60. The molecule has 106 valence electrons. The van der Waals surface area contributed by atoms with Crippen molar-refractivity contribution in [2.45, 2.75) is 32.1 Å². The third-order valence-electron chi connectivity index (χ3n) is 3.14. The first-order valence-electron chi connectivity index (χ1n) is 6.36. The summed E-state index contributed by atoms with van der Waals surface area (Å²) in [6.45, 7) is 4.35. The maximum atomic E-state index is 13.0. The molecule has 1 N–H and O–H groups in total. The zero-order valence-corrected chi connectivity index (χ0v) is 11.8. The second-order valence-corrected chi connectivity index (χ2v) is 5.02. The number of carbonyl (C=O) groups excluding carboxylic acids is 1. The van der Waals surface area contributed by atoms with Crippen LogP contribution in [0.25, 0.3) is 0 Å². The highest BCUT2D eigenvalue weighted by molar-refractivity contribution is 6.21. The van der Waals surface area contributed by atoms with Gasteiger partial charge in [-0.25, -0.2) is 8.78 Å². The molecule has 0 aliphatic carbocycles. The lowest BCUT2D eigenvalue weighted by atomic mass is 9.99. The third-order valence-corrected chi connectivity index (χ3v) is 3.65. The molecule has 1 amide bonds. The standard InChI is InChI=1S/C14H18ClF2NO/c1-3-9(4-2)13(15)8-18-14(19)10-5-11(16)7-12(17)6-10/h5-7,9,13H,3-4,8H2,1-2H3,(H,18,19). The monoisotopic (exact) mass is 289 g/mol. The van der Waals surface area contributed by atoms with E-state index >= 15 is 0 Å². The Hall–Kier alpha value is -1.16. The zero-order valence-electron chi connectivity index (χ0n) is 11.1. The summed E-state index contributed by atoms with van der Waals surface area (Å²) < 4.78 is 26.0. The summed E-state index contributed by atoms with van der Waals surface area (Å²) in [6.07, 6.45) is 1.85. The number of carbonyl (C=O) groups is 1. The van der Waals surface area contributed by atoms with E-state index in [1.807, 2.05) is 13.8 Å². The largest absolute Gasteiger partial charge is 0.351 e. The van der Waals surface area contributed by atoms with Crippen molar-refractivity contribution in [1.29, 1.82) is 0 Å². The minimum absolute atomic E-state index is 0.0362. The summed E-state index contributed by atoms with van der Waals surface area (Å²) >= 11 is 6.18. The molecule has 0 spiro atoms. The molecule has 1 aromatic carbocycles. The molecule has 0 radical (unpaired) electrons.